The minimum atomic E-state index is -3.91. The summed E-state index contributed by atoms with van der Waals surface area (Å²) in [7, 11) is -3.91. The first-order valence-corrected chi connectivity index (χ1v) is 10.8. The van der Waals surface area contributed by atoms with Crippen molar-refractivity contribution < 1.29 is 18.0 Å². The molecule has 7 nitrogen and oxygen atoms in total. The lowest BCUT2D eigenvalue weighted by atomic mass is 10.0. The van der Waals surface area contributed by atoms with Gasteiger partial charge in [0.2, 0.25) is 11.8 Å². The second kappa shape index (κ2) is 9.02. The van der Waals surface area contributed by atoms with E-state index in [-0.39, 0.29) is 22.3 Å². The monoisotopic (exact) mass is 441 g/mol. The van der Waals surface area contributed by atoms with Gasteiger partial charge in [0.15, 0.2) is 5.11 Å². The zero-order valence-corrected chi connectivity index (χ0v) is 17.6. The van der Waals surface area contributed by atoms with Crippen LogP contribution in [0.4, 0.5) is 5.69 Å². The summed E-state index contributed by atoms with van der Waals surface area (Å²) in [5, 5.41) is 7.60. The second-order valence-electron chi connectivity index (χ2n) is 6.50. The van der Waals surface area contributed by atoms with Gasteiger partial charge in [-0.3, -0.25) is 9.59 Å². The summed E-state index contributed by atoms with van der Waals surface area (Å²) in [5.74, 6) is -0.944. The first-order chi connectivity index (χ1) is 14.2. The van der Waals surface area contributed by atoms with Crippen molar-refractivity contribution in [1.29, 1.82) is 0 Å². The molecule has 0 fully saturated rings. The molecule has 3 rings (SSSR count). The Morgan fingerprint density at radius 3 is 2.30 bits per heavy atom. The van der Waals surface area contributed by atoms with E-state index in [9.17, 15) is 18.0 Å². The predicted molar refractivity (Wildman–Crippen MR) is 119 cm³/mol. The highest BCUT2D eigenvalue weighted by molar-refractivity contribution is 7.90. The Morgan fingerprint density at radius 2 is 1.60 bits per heavy atom. The SMILES string of the molecule is CC(=O)NS(=O)(=O)c1ccc(NC(=S)NC(=O)Cc2cccc3ccccc23)cc1. The van der Waals surface area contributed by atoms with Crippen LogP contribution in [-0.2, 0) is 26.0 Å². The number of sulfonamides is 1. The molecule has 2 amide bonds. The van der Waals surface area contributed by atoms with Crippen LogP contribution in [0.15, 0.2) is 71.6 Å². The van der Waals surface area contributed by atoms with Crippen molar-refractivity contribution in [2.24, 2.45) is 0 Å². The lowest BCUT2D eigenvalue weighted by molar-refractivity contribution is -0.119. The van der Waals surface area contributed by atoms with Gasteiger partial charge in [0, 0.05) is 12.6 Å². The molecule has 0 aromatic heterocycles. The minimum Gasteiger partial charge on any atom is -0.332 e. The molecular formula is C21H19N3O4S2. The number of fused-ring (bicyclic) bond motifs is 1. The fraction of sp³-hybridized carbons (Fsp3) is 0.0952. The normalized spacial score (nSPS) is 11.0. The van der Waals surface area contributed by atoms with Gasteiger partial charge in [0.05, 0.1) is 11.3 Å². The summed E-state index contributed by atoms with van der Waals surface area (Å²) in [5.41, 5.74) is 1.38. The summed E-state index contributed by atoms with van der Waals surface area (Å²) < 4.78 is 25.8. The molecular weight excluding hydrogens is 422 g/mol. The molecule has 3 aromatic carbocycles. The third kappa shape index (κ3) is 5.40. The highest BCUT2D eigenvalue weighted by atomic mass is 32.2. The van der Waals surface area contributed by atoms with E-state index in [0.717, 1.165) is 23.3 Å². The number of benzene rings is 3. The summed E-state index contributed by atoms with van der Waals surface area (Å²) in [6.07, 6.45) is 0.164. The van der Waals surface area contributed by atoms with Crippen LogP contribution in [0, 0.1) is 0 Å². The van der Waals surface area contributed by atoms with Crippen LogP contribution in [0.5, 0.6) is 0 Å². The number of amides is 2. The molecule has 0 spiro atoms. The quantitative estimate of drug-likeness (QED) is 0.526. The van der Waals surface area contributed by atoms with E-state index in [0.29, 0.717) is 5.69 Å². The molecule has 3 aromatic rings. The Kier molecular flexibility index (Phi) is 6.43. The molecule has 154 valence electrons. The van der Waals surface area contributed by atoms with Gasteiger partial charge in [-0.25, -0.2) is 13.1 Å². The summed E-state index contributed by atoms with van der Waals surface area (Å²) >= 11 is 5.17. The number of thiocarbonyl (C=S) groups is 1. The van der Waals surface area contributed by atoms with Gasteiger partial charge in [-0.1, -0.05) is 42.5 Å². The molecule has 9 heteroatoms. The highest BCUT2D eigenvalue weighted by Crippen LogP contribution is 2.19. The third-order valence-corrected chi connectivity index (χ3v) is 5.84. The number of hydrogen-bond donors (Lipinski definition) is 3. The number of hydrogen-bond acceptors (Lipinski definition) is 5. The summed E-state index contributed by atoms with van der Waals surface area (Å²) in [6.45, 7) is 1.12. The molecule has 0 atom stereocenters. The molecule has 0 aliphatic heterocycles. The zero-order valence-electron chi connectivity index (χ0n) is 16.0. The van der Waals surface area contributed by atoms with Gasteiger partial charge in [-0.05, 0) is 52.8 Å². The Balaban J connectivity index is 1.61. The van der Waals surface area contributed by atoms with Crippen molar-refractivity contribution in [3.63, 3.8) is 0 Å². The maximum atomic E-state index is 12.4. The smallest absolute Gasteiger partial charge is 0.264 e. The molecule has 0 saturated heterocycles. The maximum Gasteiger partial charge on any atom is 0.264 e. The zero-order chi connectivity index (χ0) is 21.7. The van der Waals surface area contributed by atoms with Gasteiger partial charge in [-0.2, -0.15) is 0 Å². The molecule has 0 heterocycles. The van der Waals surface area contributed by atoms with Crippen LogP contribution in [0.1, 0.15) is 12.5 Å². The predicted octanol–water partition coefficient (Wildman–Crippen LogP) is 2.72. The molecule has 30 heavy (non-hydrogen) atoms. The molecule has 0 aliphatic carbocycles. The molecule has 3 N–H and O–H groups in total. The van der Waals surface area contributed by atoms with Crippen LogP contribution >= 0.6 is 12.2 Å². The second-order valence-corrected chi connectivity index (χ2v) is 8.59. The van der Waals surface area contributed by atoms with E-state index in [4.69, 9.17) is 12.2 Å². The molecule has 0 saturated carbocycles. The van der Waals surface area contributed by atoms with E-state index in [1.54, 1.807) is 0 Å². The van der Waals surface area contributed by atoms with E-state index in [2.05, 4.69) is 10.6 Å². The van der Waals surface area contributed by atoms with Crippen molar-refractivity contribution >= 4 is 55.6 Å². The van der Waals surface area contributed by atoms with Gasteiger partial charge in [0.1, 0.15) is 0 Å². The van der Waals surface area contributed by atoms with Gasteiger partial charge in [-0.15, -0.1) is 0 Å². The van der Waals surface area contributed by atoms with Crippen molar-refractivity contribution in [3.8, 4) is 0 Å². The lowest BCUT2D eigenvalue weighted by Gasteiger charge is -2.11. The fourth-order valence-corrected chi connectivity index (χ4v) is 4.14. The number of nitrogens with one attached hydrogen (secondary N) is 3. The maximum absolute atomic E-state index is 12.4. The topological polar surface area (TPSA) is 104 Å². The van der Waals surface area contributed by atoms with Crippen LogP contribution in [0.25, 0.3) is 10.8 Å². The van der Waals surface area contributed by atoms with Crippen LogP contribution in [0.3, 0.4) is 0 Å². The molecule has 0 unspecified atom stereocenters. The van der Waals surface area contributed by atoms with Gasteiger partial charge in [0.25, 0.3) is 10.0 Å². The van der Waals surface area contributed by atoms with Crippen molar-refractivity contribution in [3.05, 3.63) is 72.3 Å². The Labute approximate surface area is 179 Å². The van der Waals surface area contributed by atoms with Crippen molar-refractivity contribution in [2.75, 3.05) is 5.32 Å². The van der Waals surface area contributed by atoms with E-state index in [1.807, 2.05) is 47.2 Å². The first-order valence-electron chi connectivity index (χ1n) is 8.95. The average Bonchev–Trinajstić information content (AvgIpc) is 2.67. The van der Waals surface area contributed by atoms with Crippen molar-refractivity contribution in [1.82, 2.24) is 10.0 Å². The van der Waals surface area contributed by atoms with E-state index in [1.165, 1.54) is 24.3 Å². The Bertz CT molecular complexity index is 1220. The summed E-state index contributed by atoms with van der Waals surface area (Å²) in [6, 6.07) is 19.2. The number of carbonyl (C=O) groups is 2. The fourth-order valence-electron chi connectivity index (χ4n) is 2.92. The average molecular weight is 442 g/mol. The molecule has 0 bridgehead atoms. The van der Waals surface area contributed by atoms with Gasteiger partial charge < -0.3 is 10.6 Å². The minimum absolute atomic E-state index is 0.0610. The van der Waals surface area contributed by atoms with Crippen molar-refractivity contribution in [2.45, 2.75) is 18.2 Å². The third-order valence-electron chi connectivity index (χ3n) is 4.18. The lowest BCUT2D eigenvalue weighted by Crippen LogP contribution is -2.35. The Hall–Kier alpha value is -3.30. The highest BCUT2D eigenvalue weighted by Gasteiger charge is 2.15. The van der Waals surface area contributed by atoms with Crippen LogP contribution < -0.4 is 15.4 Å². The van der Waals surface area contributed by atoms with E-state index >= 15 is 0 Å². The number of anilines is 1. The molecule has 0 aliphatic rings. The Morgan fingerprint density at radius 1 is 0.933 bits per heavy atom. The summed E-state index contributed by atoms with van der Waals surface area (Å²) in [4.78, 5) is 23.3. The van der Waals surface area contributed by atoms with Crippen LogP contribution in [0.2, 0.25) is 0 Å². The standard InChI is InChI=1S/C21H19N3O4S2/c1-14(25)24-30(27,28)18-11-9-17(10-12-18)22-21(29)23-20(26)13-16-7-4-6-15-5-2-3-8-19(15)16/h2-12H,13H2,1H3,(H,24,25)(H2,22,23,26,29). The van der Waals surface area contributed by atoms with Gasteiger partial charge >= 0.3 is 0 Å². The molecule has 0 radical (unpaired) electrons. The van der Waals surface area contributed by atoms with E-state index < -0.39 is 15.9 Å². The first kappa shape index (κ1) is 21.4. The number of carbonyl (C=O) groups excluding carboxylic acids is 2. The van der Waals surface area contributed by atoms with Crippen LogP contribution in [-0.4, -0.2) is 25.3 Å². The largest absolute Gasteiger partial charge is 0.332 e. The number of rotatable bonds is 5.